The van der Waals surface area contributed by atoms with E-state index in [1.165, 1.54) is 18.2 Å². The van der Waals surface area contributed by atoms with E-state index in [2.05, 4.69) is 0 Å². The number of amides is 1. The van der Waals surface area contributed by atoms with Crippen LogP contribution in [-0.4, -0.2) is 30.5 Å². The molecule has 2 aliphatic carbocycles. The zero-order valence-corrected chi connectivity index (χ0v) is 19.6. The lowest BCUT2D eigenvalue weighted by molar-refractivity contribution is 0.0749. The molecule has 0 bridgehead atoms. The Labute approximate surface area is 196 Å². The van der Waals surface area contributed by atoms with E-state index in [1.807, 2.05) is 51.1 Å². The van der Waals surface area contributed by atoms with Crippen LogP contribution < -0.4 is 0 Å². The van der Waals surface area contributed by atoms with Crippen LogP contribution in [0.4, 0.5) is 8.78 Å². The molecule has 1 aromatic carbocycles. The molecule has 1 amide bonds. The maximum atomic E-state index is 13.5. The van der Waals surface area contributed by atoms with Gasteiger partial charge in [-0.1, -0.05) is 56.4 Å². The summed E-state index contributed by atoms with van der Waals surface area (Å²) >= 11 is 0. The van der Waals surface area contributed by atoms with Crippen LogP contribution in [0.5, 0.6) is 0 Å². The van der Waals surface area contributed by atoms with E-state index in [0.717, 1.165) is 5.56 Å². The Morgan fingerprint density at radius 3 is 2.67 bits per heavy atom. The second kappa shape index (κ2) is 14.0. The molecule has 0 aliphatic heterocycles. The molecular weight excluding hydrogens is 420 g/mol. The second-order valence-corrected chi connectivity index (χ2v) is 7.28. The van der Waals surface area contributed by atoms with Gasteiger partial charge in [0.15, 0.2) is 0 Å². The summed E-state index contributed by atoms with van der Waals surface area (Å²) in [5.74, 6) is -0.131. The zero-order chi connectivity index (χ0) is 24.1. The molecule has 0 radical (unpaired) electrons. The summed E-state index contributed by atoms with van der Waals surface area (Å²) in [6.45, 7) is 7.47. The monoisotopic (exact) mass is 453 g/mol. The standard InChI is InChI=1S/C26H27F2NO2.C2H6/c1-2-29(18-7-19-31-23-11-6-10-22(28)16-17-23)26(30)25-13-4-3-12-24(25)20-8-5-9-21(27)15-14-20;1-2/h3-6,8-9,11-17,20H,2,7,10,18-19H2,1H3;1-2H3. The third kappa shape index (κ3) is 8.01. The fourth-order valence-corrected chi connectivity index (χ4v) is 3.47. The Morgan fingerprint density at radius 1 is 1.09 bits per heavy atom. The molecule has 0 N–H and O–H groups in total. The Balaban J connectivity index is 0.00000187. The molecular formula is C28H33F2NO2. The van der Waals surface area contributed by atoms with E-state index in [1.54, 1.807) is 35.3 Å². The van der Waals surface area contributed by atoms with E-state index < -0.39 is 0 Å². The molecule has 1 atom stereocenters. The van der Waals surface area contributed by atoms with Gasteiger partial charge in [-0.3, -0.25) is 4.79 Å². The largest absolute Gasteiger partial charge is 0.494 e. The fraction of sp³-hybridized carbons (Fsp3) is 0.321. The average molecular weight is 454 g/mol. The van der Waals surface area contributed by atoms with Gasteiger partial charge in [0.05, 0.1) is 6.61 Å². The molecule has 0 fully saturated rings. The van der Waals surface area contributed by atoms with Crippen molar-refractivity contribution in [1.29, 1.82) is 0 Å². The number of rotatable bonds is 8. The lowest BCUT2D eigenvalue weighted by Crippen LogP contribution is -2.33. The lowest BCUT2D eigenvalue weighted by atomic mass is 9.93. The first kappa shape index (κ1) is 26.0. The van der Waals surface area contributed by atoms with Crippen molar-refractivity contribution >= 4 is 5.91 Å². The van der Waals surface area contributed by atoms with Crippen LogP contribution in [0.25, 0.3) is 0 Å². The zero-order valence-electron chi connectivity index (χ0n) is 19.6. The Bertz CT molecular complexity index is 970. The minimum absolute atomic E-state index is 0.0591. The van der Waals surface area contributed by atoms with Gasteiger partial charge >= 0.3 is 0 Å². The molecule has 176 valence electrons. The van der Waals surface area contributed by atoms with Gasteiger partial charge in [-0.05, 0) is 55.4 Å². The van der Waals surface area contributed by atoms with E-state index >= 15 is 0 Å². The number of benzene rings is 1. The van der Waals surface area contributed by atoms with Crippen LogP contribution in [0.3, 0.4) is 0 Å². The van der Waals surface area contributed by atoms with Gasteiger partial charge in [0.2, 0.25) is 0 Å². The first-order valence-corrected chi connectivity index (χ1v) is 11.5. The number of nitrogens with zero attached hydrogens (tertiary/aromatic N) is 1. The summed E-state index contributed by atoms with van der Waals surface area (Å²) < 4.78 is 32.5. The van der Waals surface area contributed by atoms with Crippen LogP contribution in [0.15, 0.2) is 96.4 Å². The third-order valence-electron chi connectivity index (χ3n) is 5.12. The molecule has 1 unspecified atom stereocenters. The summed E-state index contributed by atoms with van der Waals surface area (Å²) in [7, 11) is 0. The number of carbonyl (C=O) groups is 1. The topological polar surface area (TPSA) is 29.5 Å². The van der Waals surface area contributed by atoms with Crippen LogP contribution in [0.1, 0.15) is 55.5 Å². The van der Waals surface area contributed by atoms with E-state index in [-0.39, 0.29) is 29.9 Å². The Hall–Kier alpha value is -3.21. The molecule has 1 aromatic rings. The van der Waals surface area contributed by atoms with Crippen molar-refractivity contribution in [2.75, 3.05) is 19.7 Å². The van der Waals surface area contributed by atoms with Gasteiger partial charge in [0.1, 0.15) is 17.4 Å². The van der Waals surface area contributed by atoms with Crippen molar-refractivity contribution in [3.05, 3.63) is 107 Å². The second-order valence-electron chi connectivity index (χ2n) is 7.28. The molecule has 3 nitrogen and oxygen atoms in total. The molecule has 5 heteroatoms. The van der Waals surface area contributed by atoms with E-state index in [4.69, 9.17) is 4.74 Å². The van der Waals surface area contributed by atoms with Crippen LogP contribution in [0.2, 0.25) is 0 Å². The van der Waals surface area contributed by atoms with Crippen LogP contribution >= 0.6 is 0 Å². The molecule has 0 aromatic heterocycles. The van der Waals surface area contributed by atoms with Crippen molar-refractivity contribution in [3.63, 3.8) is 0 Å². The molecule has 33 heavy (non-hydrogen) atoms. The van der Waals surface area contributed by atoms with Gasteiger partial charge < -0.3 is 9.64 Å². The predicted octanol–water partition coefficient (Wildman–Crippen LogP) is 7.34. The first-order valence-electron chi connectivity index (χ1n) is 11.5. The average Bonchev–Trinajstić information content (AvgIpc) is 3.19. The van der Waals surface area contributed by atoms with E-state index in [0.29, 0.717) is 37.4 Å². The molecule has 3 rings (SSSR count). The summed E-state index contributed by atoms with van der Waals surface area (Å²) in [6, 6.07) is 7.45. The number of hydrogen-bond donors (Lipinski definition) is 0. The number of carbonyl (C=O) groups excluding carboxylic acids is 1. The summed E-state index contributed by atoms with van der Waals surface area (Å²) in [5, 5.41) is 0. The summed E-state index contributed by atoms with van der Waals surface area (Å²) in [6.07, 6.45) is 15.6. The first-order chi connectivity index (χ1) is 16.1. The van der Waals surface area contributed by atoms with Crippen LogP contribution in [0, 0.1) is 0 Å². The molecule has 0 saturated carbocycles. The van der Waals surface area contributed by atoms with Gasteiger partial charge in [-0.2, -0.15) is 0 Å². The number of ether oxygens (including phenoxy) is 1. The van der Waals surface area contributed by atoms with Gasteiger partial charge in [-0.15, -0.1) is 0 Å². The normalized spacial score (nSPS) is 17.0. The highest BCUT2D eigenvalue weighted by molar-refractivity contribution is 5.96. The van der Waals surface area contributed by atoms with Gasteiger partial charge in [0.25, 0.3) is 5.91 Å². The van der Waals surface area contributed by atoms with Gasteiger partial charge in [0, 0.05) is 31.0 Å². The van der Waals surface area contributed by atoms with Gasteiger partial charge in [-0.25, -0.2) is 8.78 Å². The Kier molecular flexibility index (Phi) is 11.1. The number of hydrogen-bond acceptors (Lipinski definition) is 2. The number of halogens is 2. The van der Waals surface area contributed by atoms with Crippen molar-refractivity contribution in [2.45, 2.75) is 39.5 Å². The molecule has 0 heterocycles. The molecule has 0 saturated heterocycles. The highest BCUT2D eigenvalue weighted by atomic mass is 19.1. The van der Waals surface area contributed by atoms with Crippen LogP contribution in [-0.2, 0) is 4.74 Å². The Morgan fingerprint density at radius 2 is 1.88 bits per heavy atom. The summed E-state index contributed by atoms with van der Waals surface area (Å²) in [4.78, 5) is 15.0. The highest BCUT2D eigenvalue weighted by Crippen LogP contribution is 2.26. The van der Waals surface area contributed by atoms with E-state index in [9.17, 15) is 13.6 Å². The minimum atomic E-state index is -0.311. The molecule has 2 aliphatic rings. The number of allylic oxidation sites excluding steroid dienone is 11. The predicted molar refractivity (Wildman–Crippen MR) is 131 cm³/mol. The highest BCUT2D eigenvalue weighted by Gasteiger charge is 2.20. The van der Waals surface area contributed by atoms with Crippen molar-refractivity contribution in [3.8, 4) is 0 Å². The van der Waals surface area contributed by atoms with Crippen molar-refractivity contribution in [2.24, 2.45) is 0 Å². The maximum absolute atomic E-state index is 13.5. The summed E-state index contributed by atoms with van der Waals surface area (Å²) in [5.41, 5.74) is 1.46. The SMILES string of the molecule is CC.CCN(CCCOC1=CC=C(F)CC=C1)C(=O)c1ccccc1C1C=CC=C(F)C=C1. The van der Waals surface area contributed by atoms with Crippen molar-refractivity contribution in [1.82, 2.24) is 4.90 Å². The quantitative estimate of drug-likeness (QED) is 0.385. The van der Waals surface area contributed by atoms with Crippen molar-refractivity contribution < 1.29 is 18.3 Å². The third-order valence-corrected chi connectivity index (χ3v) is 5.12. The molecule has 0 spiro atoms. The fourth-order valence-electron chi connectivity index (χ4n) is 3.47. The lowest BCUT2D eigenvalue weighted by Gasteiger charge is -2.23. The minimum Gasteiger partial charge on any atom is -0.494 e. The maximum Gasteiger partial charge on any atom is 0.254 e. The smallest absolute Gasteiger partial charge is 0.254 e.